The van der Waals surface area contributed by atoms with E-state index in [1.54, 1.807) is 4.90 Å². The summed E-state index contributed by atoms with van der Waals surface area (Å²) in [4.78, 5) is 25.3. The highest BCUT2D eigenvalue weighted by Crippen LogP contribution is 2.74. The topological polar surface area (TPSA) is 545 Å². The Bertz CT molecular complexity index is 4370. The van der Waals surface area contributed by atoms with Crippen LogP contribution < -0.4 is 10.2 Å². The summed E-state index contributed by atoms with van der Waals surface area (Å²) in [6, 6.07) is 0. The molecule has 680 valence electrons. The first-order valence-electron chi connectivity index (χ1n) is 43.2. The van der Waals surface area contributed by atoms with Gasteiger partial charge in [-0.3, -0.25) is 30.6 Å². The number of aliphatic imine (C=N–C) groups is 2. The smallest absolute Gasteiger partial charge is 0.397 e. The van der Waals surface area contributed by atoms with E-state index in [0.29, 0.717) is 96.3 Å². The van der Waals surface area contributed by atoms with Crippen molar-refractivity contribution in [2.45, 2.75) is 310 Å². The van der Waals surface area contributed by atoms with Gasteiger partial charge in [0.05, 0.1) is 54.9 Å². The Labute approximate surface area is 699 Å². The number of hydrogen-bond donors (Lipinski definition) is 5. The fourth-order valence-corrected chi connectivity index (χ4v) is 32.5. The van der Waals surface area contributed by atoms with Crippen LogP contribution in [-0.2, 0) is 92.3 Å². The molecule has 12 aliphatic rings. The molecule has 0 unspecified atom stereocenters. The Morgan fingerprint density at radius 2 is 0.797 bits per heavy atom. The van der Waals surface area contributed by atoms with Crippen LogP contribution in [0, 0.1) is 139 Å². The van der Waals surface area contributed by atoms with E-state index in [9.17, 15) is 108 Å². The van der Waals surface area contributed by atoms with Gasteiger partial charge < -0.3 is 58.6 Å². The molecule has 0 saturated heterocycles. The lowest BCUT2D eigenvalue weighted by molar-refractivity contribution is -0.220. The van der Waals surface area contributed by atoms with Crippen molar-refractivity contribution < 1.29 is 133 Å². The Morgan fingerprint density at radius 3 is 1.22 bits per heavy atom. The normalized spacial score (nSPS) is 43.6. The van der Waals surface area contributed by atoms with Gasteiger partial charge in [0.15, 0.2) is 0 Å². The number of hydrogen-bond acceptors (Lipinski definition) is 30. The fourth-order valence-electron chi connectivity index (χ4n) is 29.3. The molecule has 39 heteroatoms. The molecule has 0 bridgehead atoms. The summed E-state index contributed by atoms with van der Waals surface area (Å²) in [5, 5.41) is 62.7. The molecule has 0 radical (unpaired) electrons. The minimum absolute atomic E-state index is 0.000138. The van der Waals surface area contributed by atoms with Crippen molar-refractivity contribution >= 4 is 80.1 Å². The van der Waals surface area contributed by atoms with Crippen molar-refractivity contribution in [3.05, 3.63) is 0 Å². The van der Waals surface area contributed by atoms with Gasteiger partial charge in [-0.05, 0) is 326 Å². The van der Waals surface area contributed by atoms with Crippen LogP contribution in [0.2, 0.25) is 0 Å². The molecule has 118 heavy (non-hydrogen) atoms. The van der Waals surface area contributed by atoms with E-state index >= 15 is 0 Å². The predicted octanol–water partition coefficient (Wildman–Crippen LogP) is 7.23. The van der Waals surface area contributed by atoms with Crippen molar-refractivity contribution in [1.82, 2.24) is 4.90 Å². The predicted molar refractivity (Wildman–Crippen MR) is 417 cm³/mol. The number of aliphatic hydroxyl groups is 3. The standard InChI is InChI=1S/C79H133N3O30S6/c1-44(54-17-20-57-72-60(42-66(78(54,57)8)111-117(101,102)103)75(5)29-26-51(107-113(89,90)91)36-48(75)39-63(72)109-115(95,96)97)13-22-68(86)80-31-10-11-33-82(70(88)24-15-46(3)53-16-19-56-71-59(41-65(85)77(53,56)7)74(4)28-25-50(83)35-47(74)38-62(71)84)34-12-32-81-69(87)23-14-45(2)55-18-21-58-73-61(43-67(79(55,58)9)112-118(104,105)106)76(6)30-27-52(108-114(92,93)94)37-49(76)40-64(73)110-116(98,99)100/h44-67,71-73,83-85H,10-43H2,1-9H3,(H,80,86)(H,81,87)(H,89,90,91)(H,92,93,94)(H,95,96,97)(H,98,99,100)(H,101,102,103)(H,104,105,106)/p-6/t44-,45-,46-,47+,48+,49+,50-,51-,52-,53-,54-,55-,56+,57+,58+,59+,60+,61+,62-,63-,64-,65+,66+,67+,71+,72+,73+,74+,75+,76+,77-,78-,79-/m1/s1. The molecule has 12 rings (SSSR count). The second-order valence-electron chi connectivity index (χ2n) is 40.0. The molecule has 33 nitrogen and oxygen atoms in total. The number of aliphatic hydroxyl groups excluding tert-OH is 3. The van der Waals surface area contributed by atoms with E-state index in [-0.39, 0.29) is 174 Å². The average molecular weight is 1790 g/mol. The maximum absolute atomic E-state index is 14.7. The lowest BCUT2D eigenvalue weighted by Crippen LogP contribution is -2.63. The Kier molecular flexibility index (Phi) is 28.3. The van der Waals surface area contributed by atoms with Crippen LogP contribution >= 0.6 is 0 Å². The van der Waals surface area contributed by atoms with Crippen LogP contribution in [0.4, 0.5) is 0 Å². The molecular formula is C79H127N3O30S6-6. The first-order valence-corrected chi connectivity index (χ1v) is 51.3. The summed E-state index contributed by atoms with van der Waals surface area (Å²) < 4.78 is 248. The molecule has 0 spiro atoms. The fraction of sp³-hybridized carbons (Fsp3) is 0.962. The minimum atomic E-state index is -5.33. The summed E-state index contributed by atoms with van der Waals surface area (Å²) in [6.45, 7) is 18.6. The third-order valence-corrected chi connectivity index (χ3v) is 37.6. The van der Waals surface area contributed by atoms with Crippen LogP contribution in [0.3, 0.4) is 0 Å². The zero-order valence-corrected chi connectivity index (χ0v) is 74.3. The lowest BCUT2D eigenvalue weighted by atomic mass is 9.43. The highest BCUT2D eigenvalue weighted by atomic mass is 32.3. The van der Waals surface area contributed by atoms with Crippen molar-refractivity contribution in [3.63, 3.8) is 0 Å². The molecule has 0 aromatic carbocycles. The number of carbonyl (C=O) groups excluding carboxylic acids is 1. The van der Waals surface area contributed by atoms with Gasteiger partial charge in [0, 0.05) is 43.4 Å². The monoisotopic (exact) mass is 1790 g/mol. The number of amides is 1. The van der Waals surface area contributed by atoms with Crippen molar-refractivity contribution in [2.24, 2.45) is 149 Å². The van der Waals surface area contributed by atoms with Gasteiger partial charge in [0.2, 0.25) is 47.5 Å². The average Bonchev–Trinajstić information content (AvgIpc) is 1.40. The maximum atomic E-state index is 14.7. The molecule has 0 aromatic rings. The van der Waals surface area contributed by atoms with Crippen molar-refractivity contribution in [1.29, 1.82) is 0 Å². The van der Waals surface area contributed by atoms with Gasteiger partial charge >= 0.3 is 20.8 Å². The van der Waals surface area contributed by atoms with Gasteiger partial charge in [-0.15, -0.1) is 0 Å². The highest BCUT2D eigenvalue weighted by molar-refractivity contribution is 7.82. The third-order valence-electron chi connectivity index (χ3n) is 34.7. The maximum Gasteiger partial charge on any atom is 0.397 e. The van der Waals surface area contributed by atoms with E-state index in [1.807, 2.05) is 41.5 Å². The number of fused-ring (bicyclic) bond motifs is 15. The second kappa shape index (κ2) is 35.3. The first kappa shape index (κ1) is 94.6. The van der Waals surface area contributed by atoms with Gasteiger partial charge in [0.25, 0.3) is 0 Å². The highest BCUT2D eigenvalue weighted by Gasteiger charge is 2.71. The third kappa shape index (κ3) is 19.9. The number of carbonyl (C=O) groups is 1. The van der Waals surface area contributed by atoms with Crippen LogP contribution in [0.25, 0.3) is 0 Å². The van der Waals surface area contributed by atoms with E-state index in [2.05, 4.69) is 30.8 Å². The molecule has 33 atom stereocenters. The number of unbranched alkanes of at least 4 members (excludes halogenated alkanes) is 1. The van der Waals surface area contributed by atoms with E-state index < -0.39 is 204 Å². The minimum Gasteiger partial charge on any atom is -0.862 e. The van der Waals surface area contributed by atoms with Crippen LogP contribution in [0.1, 0.15) is 255 Å². The van der Waals surface area contributed by atoms with Crippen LogP contribution in [-0.4, -0.2) is 197 Å². The van der Waals surface area contributed by atoms with Gasteiger partial charge in [-0.1, -0.05) is 62.3 Å². The largest absolute Gasteiger partial charge is 0.862 e. The number of rotatable bonds is 33. The van der Waals surface area contributed by atoms with Crippen molar-refractivity contribution in [2.75, 3.05) is 26.2 Å². The summed E-state index contributed by atoms with van der Waals surface area (Å²) in [5.74, 6) is -6.36. The van der Waals surface area contributed by atoms with Crippen molar-refractivity contribution in [3.8, 4) is 0 Å². The number of nitrogens with zero attached hydrogens (tertiary/aromatic N) is 3. The molecule has 12 aliphatic carbocycles. The van der Waals surface area contributed by atoms with Gasteiger partial charge in [0.1, 0.15) is 0 Å². The molecule has 5 N–H and O–H groups in total. The van der Waals surface area contributed by atoms with Crippen LogP contribution in [0.5, 0.6) is 0 Å². The molecular weight excluding hydrogens is 1660 g/mol. The second-order valence-corrected chi connectivity index (χ2v) is 46.1. The van der Waals surface area contributed by atoms with Gasteiger partial charge in [-0.25, -0.2) is 42.0 Å². The molecule has 12 fully saturated rings. The Morgan fingerprint density at radius 1 is 0.424 bits per heavy atom. The summed E-state index contributed by atoms with van der Waals surface area (Å²) in [6.07, 6.45) is 1.63. The summed E-state index contributed by atoms with van der Waals surface area (Å²) in [7, 11) is -31.1. The summed E-state index contributed by atoms with van der Waals surface area (Å²) >= 11 is 0. The quantitative estimate of drug-likeness (QED) is 0.0142. The molecule has 1 amide bonds. The van der Waals surface area contributed by atoms with E-state index in [0.717, 1.165) is 19.3 Å². The van der Waals surface area contributed by atoms with E-state index in [1.165, 1.54) is 0 Å². The lowest BCUT2D eigenvalue weighted by Gasteiger charge is -2.64. The Balaban J connectivity index is 0.696. The Hall–Kier alpha value is -2.49. The van der Waals surface area contributed by atoms with E-state index in [4.69, 9.17) is 25.1 Å². The molecule has 0 aliphatic heterocycles. The molecule has 0 aromatic heterocycles. The first-order chi connectivity index (χ1) is 54.6. The zero-order valence-electron chi connectivity index (χ0n) is 69.4. The zero-order chi connectivity index (χ0) is 86.6. The molecule has 12 saturated carbocycles. The summed E-state index contributed by atoms with van der Waals surface area (Å²) in [5.41, 5.74) is -4.25. The van der Waals surface area contributed by atoms with Gasteiger partial charge in [-0.2, -0.15) is 16.8 Å². The van der Waals surface area contributed by atoms with Crippen LogP contribution in [0.15, 0.2) is 9.98 Å². The molecule has 0 heterocycles. The SMILES string of the molecule is C[C@H](CCC(=O)N(CCCCN=C([O-])CC[C@@H](C)[C@H]1CC[C@H]2[C@@H]3[C@H](OS(=O)(=O)[O-])C[C@@H]4C[C@H](OS(=O)(=O)[O-])CC[C@]4(C)[C@H]3C[C@H](OS(=O)(=O)O)[C@]12C)CCCN=C([O-])CC[C@@H](C)[C@H]1CC[C@H]2[C@@H]3[C@H](OS(=O)(=O)[O-])C[C@@H]4C[C@H](OS(=O)(=O)[O-])CC[C@]4(C)[C@H]3C[C@H](OS(=O)(=O)O)[C@]12C)[C@H]1CC[C@H]2[C@@H]3[C@H](O)C[C@@H]4C[C@H](O)CC[C@]4(C)[C@H]3C[C@H](O)[C@]12C.